The second-order valence-corrected chi connectivity index (χ2v) is 7.20. The van der Waals surface area contributed by atoms with Crippen LogP contribution in [0.5, 0.6) is 0 Å². The lowest BCUT2D eigenvalue weighted by molar-refractivity contribution is -0.121. The maximum absolute atomic E-state index is 12.3. The van der Waals surface area contributed by atoms with Crippen LogP contribution in [0.4, 0.5) is 15.6 Å². The van der Waals surface area contributed by atoms with Crippen LogP contribution in [0.15, 0.2) is 35.7 Å². The van der Waals surface area contributed by atoms with Crippen LogP contribution >= 0.6 is 11.3 Å². The van der Waals surface area contributed by atoms with Gasteiger partial charge in [0.25, 0.3) is 0 Å². The number of para-hydroxylation sites is 1. The summed E-state index contributed by atoms with van der Waals surface area (Å²) in [7, 11) is 0. The normalized spacial score (nSPS) is 14.6. The molecule has 2 heterocycles. The molecule has 0 unspecified atom stereocenters. The highest BCUT2D eigenvalue weighted by atomic mass is 32.1. The van der Waals surface area contributed by atoms with Crippen LogP contribution in [0.25, 0.3) is 0 Å². The molecule has 0 radical (unpaired) electrons. The first-order valence-electron chi connectivity index (χ1n) is 9.11. The first kappa shape index (κ1) is 19.2. The summed E-state index contributed by atoms with van der Waals surface area (Å²) in [5.74, 6) is -0.0406. The SMILES string of the molecule is CCOC(=O)N1CCC(NC(=O)Cc2csc(Nc3ccccc3)n2)CC1. The van der Waals surface area contributed by atoms with Gasteiger partial charge in [0.05, 0.1) is 18.7 Å². The minimum absolute atomic E-state index is 0.0406. The highest BCUT2D eigenvalue weighted by molar-refractivity contribution is 7.13. The van der Waals surface area contributed by atoms with Crippen molar-refractivity contribution < 1.29 is 14.3 Å². The Hall–Kier alpha value is -2.61. The van der Waals surface area contributed by atoms with Crippen LogP contribution in [0, 0.1) is 0 Å². The molecule has 1 aromatic carbocycles. The van der Waals surface area contributed by atoms with E-state index >= 15 is 0 Å². The van der Waals surface area contributed by atoms with Crippen LogP contribution in [0.1, 0.15) is 25.5 Å². The van der Waals surface area contributed by atoms with Gasteiger partial charge in [0.2, 0.25) is 5.91 Å². The van der Waals surface area contributed by atoms with E-state index in [9.17, 15) is 9.59 Å². The van der Waals surface area contributed by atoms with Gasteiger partial charge in [-0.1, -0.05) is 18.2 Å². The Labute approximate surface area is 162 Å². The number of hydrogen-bond acceptors (Lipinski definition) is 6. The fourth-order valence-electron chi connectivity index (χ4n) is 2.95. The van der Waals surface area contributed by atoms with Crippen LogP contribution < -0.4 is 10.6 Å². The maximum Gasteiger partial charge on any atom is 0.409 e. The standard InChI is InChI=1S/C19H24N4O3S/c1-2-26-19(25)23-10-8-15(9-11-23)20-17(24)12-16-13-27-18(22-16)21-14-6-4-3-5-7-14/h3-7,13,15H,2,8-12H2,1H3,(H,20,24)(H,21,22). The third-order valence-corrected chi connectivity index (χ3v) is 5.11. The number of nitrogens with zero attached hydrogens (tertiary/aromatic N) is 2. The molecule has 0 bridgehead atoms. The van der Waals surface area contributed by atoms with Crippen molar-refractivity contribution in [2.45, 2.75) is 32.2 Å². The molecule has 2 N–H and O–H groups in total. The lowest BCUT2D eigenvalue weighted by atomic mass is 10.1. The summed E-state index contributed by atoms with van der Waals surface area (Å²) >= 11 is 1.48. The molecule has 8 heteroatoms. The Morgan fingerprint density at radius 3 is 2.70 bits per heavy atom. The number of carbonyl (C=O) groups is 2. The van der Waals surface area contributed by atoms with E-state index in [-0.39, 0.29) is 24.5 Å². The molecule has 0 saturated carbocycles. The van der Waals surface area contributed by atoms with Gasteiger partial charge in [-0.05, 0) is 31.9 Å². The maximum atomic E-state index is 12.3. The average Bonchev–Trinajstić information content (AvgIpc) is 3.10. The number of aromatic nitrogens is 1. The van der Waals surface area contributed by atoms with E-state index in [1.54, 1.807) is 11.8 Å². The van der Waals surface area contributed by atoms with Gasteiger partial charge >= 0.3 is 6.09 Å². The summed E-state index contributed by atoms with van der Waals surface area (Å²) in [6.45, 7) is 3.38. The fourth-order valence-corrected chi connectivity index (χ4v) is 3.69. The molecule has 2 aromatic rings. The molecular weight excluding hydrogens is 364 g/mol. The number of likely N-dealkylation sites (tertiary alicyclic amines) is 1. The van der Waals surface area contributed by atoms with Gasteiger partial charge in [-0.25, -0.2) is 9.78 Å². The minimum Gasteiger partial charge on any atom is -0.450 e. The van der Waals surface area contributed by atoms with Gasteiger partial charge in [0.1, 0.15) is 0 Å². The number of hydrogen-bond donors (Lipinski definition) is 2. The Balaban J connectivity index is 1.43. The van der Waals surface area contributed by atoms with Crippen molar-refractivity contribution in [3.05, 3.63) is 41.4 Å². The van der Waals surface area contributed by atoms with E-state index < -0.39 is 0 Å². The number of nitrogens with one attached hydrogen (secondary N) is 2. The van der Waals surface area contributed by atoms with Crippen molar-refractivity contribution in [1.29, 1.82) is 0 Å². The van der Waals surface area contributed by atoms with Gasteiger partial charge in [-0.15, -0.1) is 11.3 Å². The van der Waals surface area contributed by atoms with Crippen molar-refractivity contribution in [2.24, 2.45) is 0 Å². The third-order valence-electron chi connectivity index (χ3n) is 4.30. The van der Waals surface area contributed by atoms with Crippen LogP contribution in [0.3, 0.4) is 0 Å². The van der Waals surface area contributed by atoms with Gasteiger partial charge in [0.15, 0.2) is 5.13 Å². The summed E-state index contributed by atoms with van der Waals surface area (Å²) in [5, 5.41) is 8.94. The molecule has 2 amide bonds. The van der Waals surface area contributed by atoms with Crippen LogP contribution in [-0.4, -0.2) is 47.6 Å². The Morgan fingerprint density at radius 2 is 2.00 bits per heavy atom. The number of ether oxygens (including phenoxy) is 1. The van der Waals surface area contributed by atoms with E-state index in [0.717, 1.165) is 29.4 Å². The van der Waals surface area contributed by atoms with E-state index in [4.69, 9.17) is 4.74 Å². The molecule has 0 aliphatic carbocycles. The lowest BCUT2D eigenvalue weighted by Gasteiger charge is -2.31. The quantitative estimate of drug-likeness (QED) is 0.794. The second kappa shape index (κ2) is 9.36. The second-order valence-electron chi connectivity index (χ2n) is 6.34. The van der Waals surface area contributed by atoms with Crippen molar-refractivity contribution in [2.75, 3.05) is 25.0 Å². The summed E-state index contributed by atoms with van der Waals surface area (Å²) in [4.78, 5) is 30.2. The van der Waals surface area contributed by atoms with Gasteiger partial charge in [-0.3, -0.25) is 4.79 Å². The Morgan fingerprint density at radius 1 is 1.26 bits per heavy atom. The highest BCUT2D eigenvalue weighted by Gasteiger charge is 2.24. The summed E-state index contributed by atoms with van der Waals surface area (Å²) in [6.07, 6.45) is 1.46. The first-order chi connectivity index (χ1) is 13.1. The van der Waals surface area contributed by atoms with Crippen molar-refractivity contribution in [3.8, 4) is 0 Å². The molecule has 27 heavy (non-hydrogen) atoms. The molecule has 1 fully saturated rings. The van der Waals surface area contributed by atoms with Gasteiger partial charge < -0.3 is 20.3 Å². The molecule has 7 nitrogen and oxygen atoms in total. The molecule has 1 aliphatic rings. The number of piperidine rings is 1. The molecule has 144 valence electrons. The molecule has 0 atom stereocenters. The summed E-state index contributed by atoms with van der Waals surface area (Å²) < 4.78 is 5.01. The van der Waals surface area contributed by atoms with Crippen molar-refractivity contribution >= 4 is 34.2 Å². The molecule has 0 spiro atoms. The van der Waals surface area contributed by atoms with E-state index in [1.165, 1.54) is 11.3 Å². The van der Waals surface area contributed by atoms with Crippen LogP contribution in [0.2, 0.25) is 0 Å². The number of thiazole rings is 1. The largest absolute Gasteiger partial charge is 0.450 e. The smallest absolute Gasteiger partial charge is 0.409 e. The van der Waals surface area contributed by atoms with E-state index in [1.807, 2.05) is 35.7 Å². The van der Waals surface area contributed by atoms with E-state index in [2.05, 4.69) is 15.6 Å². The molecular formula is C19H24N4O3S. The predicted molar refractivity (Wildman–Crippen MR) is 105 cm³/mol. The number of carbonyl (C=O) groups excluding carboxylic acids is 2. The Bertz CT molecular complexity index is 757. The number of rotatable bonds is 6. The number of benzene rings is 1. The molecule has 3 rings (SSSR count). The number of anilines is 2. The van der Waals surface area contributed by atoms with Crippen molar-refractivity contribution in [1.82, 2.24) is 15.2 Å². The number of amides is 2. The zero-order valence-corrected chi connectivity index (χ0v) is 16.1. The monoisotopic (exact) mass is 388 g/mol. The van der Waals surface area contributed by atoms with Gasteiger partial charge in [-0.2, -0.15) is 0 Å². The minimum atomic E-state index is -0.275. The lowest BCUT2D eigenvalue weighted by Crippen LogP contribution is -2.47. The first-order valence-corrected chi connectivity index (χ1v) is 9.99. The highest BCUT2D eigenvalue weighted by Crippen LogP contribution is 2.21. The third kappa shape index (κ3) is 5.68. The zero-order valence-electron chi connectivity index (χ0n) is 15.3. The molecule has 1 saturated heterocycles. The summed E-state index contributed by atoms with van der Waals surface area (Å²) in [6, 6.07) is 9.89. The summed E-state index contributed by atoms with van der Waals surface area (Å²) in [5.41, 5.74) is 1.72. The molecule has 1 aromatic heterocycles. The topological polar surface area (TPSA) is 83.6 Å². The predicted octanol–water partition coefficient (Wildman–Crippen LogP) is 3.17. The van der Waals surface area contributed by atoms with Gasteiger partial charge in [0, 0.05) is 30.2 Å². The zero-order chi connectivity index (χ0) is 19.1. The fraction of sp³-hybridized carbons (Fsp3) is 0.421. The van der Waals surface area contributed by atoms with E-state index in [0.29, 0.717) is 19.7 Å². The average molecular weight is 388 g/mol. The Kier molecular flexibility index (Phi) is 6.64. The molecule has 1 aliphatic heterocycles. The van der Waals surface area contributed by atoms with Crippen LogP contribution in [-0.2, 0) is 16.0 Å². The van der Waals surface area contributed by atoms with Crippen molar-refractivity contribution in [3.63, 3.8) is 0 Å².